The third-order valence-electron chi connectivity index (χ3n) is 3.22. The number of hydrogen-bond acceptors (Lipinski definition) is 4. The van der Waals surface area contributed by atoms with Crippen LogP contribution in [-0.2, 0) is 20.0 Å². The fourth-order valence-corrected chi connectivity index (χ4v) is 2.82. The lowest BCUT2D eigenvalue weighted by Gasteiger charge is -2.23. The Bertz CT molecular complexity index is 679. The summed E-state index contributed by atoms with van der Waals surface area (Å²) in [5.74, 6) is 0.0413. The van der Waals surface area contributed by atoms with E-state index in [9.17, 15) is 13.2 Å². The van der Waals surface area contributed by atoms with Gasteiger partial charge in [0.15, 0.2) is 0 Å². The Morgan fingerprint density at radius 2 is 2.05 bits per heavy atom. The van der Waals surface area contributed by atoms with Crippen molar-refractivity contribution in [1.29, 1.82) is 5.26 Å². The van der Waals surface area contributed by atoms with Crippen LogP contribution in [0.2, 0.25) is 0 Å². The SMILES string of the molecule is CCC(=O)C(C)(C)c1cccc(S(=O)(=O)/C=C/C#N)c1. The largest absolute Gasteiger partial charge is 0.299 e. The van der Waals surface area contributed by atoms with Gasteiger partial charge in [-0.05, 0) is 31.5 Å². The van der Waals surface area contributed by atoms with Crippen molar-refractivity contribution in [2.75, 3.05) is 0 Å². The van der Waals surface area contributed by atoms with E-state index in [-0.39, 0.29) is 10.7 Å². The summed E-state index contributed by atoms with van der Waals surface area (Å²) in [7, 11) is -3.65. The number of nitriles is 1. The first-order valence-electron chi connectivity index (χ1n) is 6.20. The highest BCUT2D eigenvalue weighted by atomic mass is 32.2. The molecule has 0 aliphatic carbocycles. The second kappa shape index (κ2) is 6.02. The van der Waals surface area contributed by atoms with E-state index in [0.717, 1.165) is 11.5 Å². The van der Waals surface area contributed by atoms with Gasteiger partial charge in [-0.1, -0.05) is 19.1 Å². The zero-order chi connectivity index (χ0) is 15.4. The molecular formula is C15H17NO3S. The van der Waals surface area contributed by atoms with Gasteiger partial charge in [0.05, 0.1) is 11.0 Å². The van der Waals surface area contributed by atoms with Crippen LogP contribution >= 0.6 is 0 Å². The molecule has 1 aromatic carbocycles. The molecule has 0 radical (unpaired) electrons. The van der Waals surface area contributed by atoms with Gasteiger partial charge < -0.3 is 0 Å². The first-order chi connectivity index (χ1) is 9.25. The smallest absolute Gasteiger partial charge is 0.200 e. The Hall–Kier alpha value is -1.93. The van der Waals surface area contributed by atoms with Crippen molar-refractivity contribution < 1.29 is 13.2 Å². The molecule has 0 atom stereocenters. The quantitative estimate of drug-likeness (QED) is 0.782. The van der Waals surface area contributed by atoms with Crippen LogP contribution < -0.4 is 0 Å². The van der Waals surface area contributed by atoms with Crippen molar-refractivity contribution >= 4 is 15.6 Å². The molecular weight excluding hydrogens is 274 g/mol. The van der Waals surface area contributed by atoms with Gasteiger partial charge in [-0.3, -0.25) is 4.79 Å². The van der Waals surface area contributed by atoms with Crippen molar-refractivity contribution in [2.24, 2.45) is 0 Å². The lowest BCUT2D eigenvalue weighted by Crippen LogP contribution is -2.28. The maximum Gasteiger partial charge on any atom is 0.200 e. The highest BCUT2D eigenvalue weighted by molar-refractivity contribution is 7.94. The van der Waals surface area contributed by atoms with Gasteiger partial charge in [0, 0.05) is 23.3 Å². The number of rotatable bonds is 5. The minimum absolute atomic E-state index is 0.0413. The standard InChI is InChI=1S/C15H17NO3S/c1-4-14(17)15(2,3)12-7-5-8-13(11-12)20(18,19)10-6-9-16/h5-8,10-11H,4H2,1-3H3/b10-6+. The van der Waals surface area contributed by atoms with E-state index in [1.807, 2.05) is 0 Å². The average molecular weight is 291 g/mol. The Kier molecular flexibility index (Phi) is 4.85. The molecule has 4 nitrogen and oxygen atoms in total. The number of benzene rings is 1. The zero-order valence-corrected chi connectivity index (χ0v) is 12.6. The van der Waals surface area contributed by atoms with Gasteiger partial charge in [0.25, 0.3) is 0 Å². The number of Topliss-reactive ketones (excluding diaryl/α,β-unsaturated/α-hetero) is 1. The topological polar surface area (TPSA) is 75.0 Å². The van der Waals surface area contributed by atoms with Crippen molar-refractivity contribution in [2.45, 2.75) is 37.5 Å². The molecule has 0 saturated heterocycles. The number of carbonyl (C=O) groups is 1. The van der Waals surface area contributed by atoms with Gasteiger partial charge in [-0.25, -0.2) is 8.42 Å². The van der Waals surface area contributed by atoms with Gasteiger partial charge in [0.1, 0.15) is 5.78 Å². The summed E-state index contributed by atoms with van der Waals surface area (Å²) in [5.41, 5.74) is -0.0880. The Morgan fingerprint density at radius 3 is 2.60 bits per heavy atom. The van der Waals surface area contributed by atoms with Gasteiger partial charge in [-0.15, -0.1) is 0 Å². The first kappa shape index (κ1) is 16.1. The van der Waals surface area contributed by atoms with Gasteiger partial charge in [0.2, 0.25) is 9.84 Å². The van der Waals surface area contributed by atoms with Crippen molar-refractivity contribution in [3.8, 4) is 6.07 Å². The van der Waals surface area contributed by atoms with E-state index in [1.165, 1.54) is 12.1 Å². The predicted octanol–water partition coefficient (Wildman–Crippen LogP) is 2.75. The molecule has 20 heavy (non-hydrogen) atoms. The molecule has 0 aliphatic heterocycles. The van der Waals surface area contributed by atoms with Crippen molar-refractivity contribution in [1.82, 2.24) is 0 Å². The lowest BCUT2D eigenvalue weighted by molar-refractivity contribution is -0.123. The van der Waals surface area contributed by atoms with Crippen LogP contribution in [0.5, 0.6) is 0 Å². The van der Waals surface area contributed by atoms with Crippen LogP contribution in [-0.4, -0.2) is 14.2 Å². The third-order valence-corrected chi connectivity index (χ3v) is 4.63. The molecule has 0 heterocycles. The summed E-state index contributed by atoms with van der Waals surface area (Å²) in [6, 6.07) is 7.94. The summed E-state index contributed by atoms with van der Waals surface area (Å²) < 4.78 is 24.0. The molecule has 0 amide bonds. The number of carbonyl (C=O) groups excluding carboxylic acids is 1. The van der Waals surface area contributed by atoms with Crippen LogP contribution in [0.1, 0.15) is 32.8 Å². The predicted molar refractivity (Wildman–Crippen MR) is 76.7 cm³/mol. The number of allylic oxidation sites excluding steroid dienone is 1. The normalized spacial score (nSPS) is 12.3. The molecule has 0 aliphatic rings. The minimum atomic E-state index is -3.65. The molecule has 5 heteroatoms. The maximum absolute atomic E-state index is 12.0. The maximum atomic E-state index is 12.0. The van der Waals surface area contributed by atoms with E-state index in [4.69, 9.17) is 5.26 Å². The molecule has 0 bridgehead atoms. The number of sulfone groups is 1. The van der Waals surface area contributed by atoms with E-state index in [0.29, 0.717) is 12.0 Å². The molecule has 1 aromatic rings. The number of hydrogen-bond donors (Lipinski definition) is 0. The summed E-state index contributed by atoms with van der Waals surface area (Å²) >= 11 is 0. The fourth-order valence-electron chi connectivity index (χ4n) is 1.86. The molecule has 106 valence electrons. The Balaban J connectivity index is 3.32. The summed E-state index contributed by atoms with van der Waals surface area (Å²) in [5, 5.41) is 9.28. The lowest BCUT2D eigenvalue weighted by atomic mass is 9.80. The average Bonchev–Trinajstić information content (AvgIpc) is 2.44. The first-order valence-corrected chi connectivity index (χ1v) is 7.75. The van der Waals surface area contributed by atoms with Gasteiger partial charge in [-0.2, -0.15) is 5.26 Å². The van der Waals surface area contributed by atoms with Crippen LogP contribution in [0.4, 0.5) is 0 Å². The zero-order valence-electron chi connectivity index (χ0n) is 11.8. The van der Waals surface area contributed by atoms with E-state index >= 15 is 0 Å². The van der Waals surface area contributed by atoms with Crippen LogP contribution in [0.25, 0.3) is 0 Å². The number of nitrogens with zero attached hydrogens (tertiary/aromatic N) is 1. The molecule has 0 saturated carbocycles. The second-order valence-corrected chi connectivity index (χ2v) is 6.74. The summed E-state index contributed by atoms with van der Waals surface area (Å²) in [6.45, 7) is 5.33. The Morgan fingerprint density at radius 1 is 1.40 bits per heavy atom. The molecule has 0 fully saturated rings. The van der Waals surface area contributed by atoms with E-state index < -0.39 is 15.3 Å². The monoisotopic (exact) mass is 291 g/mol. The Labute approximate surface area is 119 Å². The molecule has 0 spiro atoms. The minimum Gasteiger partial charge on any atom is -0.299 e. The highest BCUT2D eigenvalue weighted by Gasteiger charge is 2.28. The van der Waals surface area contributed by atoms with E-state index in [1.54, 1.807) is 39.0 Å². The highest BCUT2D eigenvalue weighted by Crippen LogP contribution is 2.27. The van der Waals surface area contributed by atoms with Crippen LogP contribution in [0, 0.1) is 11.3 Å². The van der Waals surface area contributed by atoms with Gasteiger partial charge >= 0.3 is 0 Å². The van der Waals surface area contributed by atoms with E-state index in [2.05, 4.69) is 0 Å². The number of ketones is 1. The van der Waals surface area contributed by atoms with Crippen molar-refractivity contribution in [3.63, 3.8) is 0 Å². The molecule has 0 N–H and O–H groups in total. The summed E-state index contributed by atoms with van der Waals surface area (Å²) in [4.78, 5) is 12.0. The second-order valence-electron chi connectivity index (χ2n) is 4.91. The fraction of sp³-hybridized carbons (Fsp3) is 0.333. The molecule has 0 unspecified atom stereocenters. The molecule has 0 aromatic heterocycles. The van der Waals surface area contributed by atoms with Crippen molar-refractivity contribution in [3.05, 3.63) is 41.3 Å². The third kappa shape index (κ3) is 3.34. The molecule has 1 rings (SSSR count). The van der Waals surface area contributed by atoms with Crippen LogP contribution in [0.15, 0.2) is 40.6 Å². The summed E-state index contributed by atoms with van der Waals surface area (Å²) in [6.07, 6.45) is 1.31. The van der Waals surface area contributed by atoms with Crippen LogP contribution in [0.3, 0.4) is 0 Å².